The fourth-order valence-corrected chi connectivity index (χ4v) is 4.96. The van der Waals surface area contributed by atoms with Crippen molar-refractivity contribution in [3.8, 4) is 5.75 Å². The molecule has 1 aromatic heterocycles. The molecular formula is C28H33N3O3. The van der Waals surface area contributed by atoms with Gasteiger partial charge in [0.15, 0.2) is 0 Å². The van der Waals surface area contributed by atoms with Gasteiger partial charge in [0.2, 0.25) is 0 Å². The molecule has 2 aromatic carbocycles. The number of rotatable bonds is 7. The average molecular weight is 460 g/mol. The van der Waals surface area contributed by atoms with E-state index in [1.807, 2.05) is 54.3 Å². The highest BCUT2D eigenvalue weighted by Gasteiger charge is 2.26. The molecule has 6 heteroatoms. The number of aromatic nitrogens is 1. The minimum absolute atomic E-state index is 0.0395. The molecular weight excluding hydrogens is 426 g/mol. The number of nitrogens with zero attached hydrogens (tertiary/aromatic N) is 3. The average Bonchev–Trinajstić information content (AvgIpc) is 3.57. The van der Waals surface area contributed by atoms with Crippen LogP contribution in [0.3, 0.4) is 0 Å². The standard InChI is InChI=1S/C28H33N3O3/c1-20-7-9-21(10-8-20)28(32)31(19-25-6-5-15-34-25)18-23-16-22-11-12-24(33-2)17-26(22)29-27(23)30-13-3-4-14-30/h7-12,16-17,25H,3-6,13-15,18-19H2,1-2H3/t25-/m1/s1. The Morgan fingerprint density at radius 3 is 2.62 bits per heavy atom. The second kappa shape index (κ2) is 10.0. The van der Waals surface area contributed by atoms with E-state index in [1.54, 1.807) is 7.11 Å². The third-order valence-electron chi connectivity index (χ3n) is 6.88. The summed E-state index contributed by atoms with van der Waals surface area (Å²) in [6.07, 6.45) is 4.46. The maximum absolute atomic E-state index is 13.6. The topological polar surface area (TPSA) is 54.9 Å². The Hall–Kier alpha value is -3.12. The number of hydrogen-bond donors (Lipinski definition) is 0. The smallest absolute Gasteiger partial charge is 0.254 e. The molecule has 178 valence electrons. The van der Waals surface area contributed by atoms with Gasteiger partial charge < -0.3 is 19.3 Å². The van der Waals surface area contributed by atoms with Gasteiger partial charge in [0.1, 0.15) is 11.6 Å². The summed E-state index contributed by atoms with van der Waals surface area (Å²) in [6, 6.07) is 16.0. The molecule has 1 amide bonds. The first-order valence-electron chi connectivity index (χ1n) is 12.3. The van der Waals surface area contributed by atoms with Crippen molar-refractivity contribution in [2.75, 3.05) is 38.3 Å². The zero-order chi connectivity index (χ0) is 23.5. The molecule has 0 unspecified atom stereocenters. The Balaban J connectivity index is 1.52. The normalized spacial score (nSPS) is 17.9. The quantitative estimate of drug-likeness (QED) is 0.499. The van der Waals surface area contributed by atoms with E-state index in [-0.39, 0.29) is 12.0 Å². The molecule has 2 fully saturated rings. The van der Waals surface area contributed by atoms with Crippen molar-refractivity contribution in [2.45, 2.75) is 45.3 Å². The summed E-state index contributed by atoms with van der Waals surface area (Å²) in [5.41, 5.74) is 3.86. The molecule has 1 atom stereocenters. The highest BCUT2D eigenvalue weighted by Crippen LogP contribution is 2.30. The van der Waals surface area contributed by atoms with Crippen LogP contribution in [0.5, 0.6) is 5.75 Å². The highest BCUT2D eigenvalue weighted by atomic mass is 16.5. The van der Waals surface area contributed by atoms with Crippen LogP contribution in [0.4, 0.5) is 5.82 Å². The van der Waals surface area contributed by atoms with E-state index < -0.39 is 0 Å². The number of hydrogen-bond acceptors (Lipinski definition) is 5. The van der Waals surface area contributed by atoms with Crippen molar-refractivity contribution < 1.29 is 14.3 Å². The Bertz CT molecular complexity index is 1150. The maximum Gasteiger partial charge on any atom is 0.254 e. The molecule has 0 saturated carbocycles. The van der Waals surface area contributed by atoms with Crippen molar-refractivity contribution in [1.82, 2.24) is 9.88 Å². The van der Waals surface area contributed by atoms with Crippen LogP contribution in [0, 0.1) is 6.92 Å². The number of carbonyl (C=O) groups is 1. The number of pyridine rings is 1. The van der Waals surface area contributed by atoms with Gasteiger partial charge in [0, 0.05) is 55.4 Å². The van der Waals surface area contributed by atoms with Gasteiger partial charge in [0.25, 0.3) is 5.91 Å². The van der Waals surface area contributed by atoms with Gasteiger partial charge in [-0.1, -0.05) is 17.7 Å². The van der Waals surface area contributed by atoms with E-state index in [0.29, 0.717) is 18.7 Å². The highest BCUT2D eigenvalue weighted by molar-refractivity contribution is 5.94. The number of amides is 1. The van der Waals surface area contributed by atoms with Crippen molar-refractivity contribution in [3.05, 3.63) is 65.2 Å². The monoisotopic (exact) mass is 459 g/mol. The van der Waals surface area contributed by atoms with E-state index >= 15 is 0 Å². The predicted molar refractivity (Wildman–Crippen MR) is 135 cm³/mol. The van der Waals surface area contributed by atoms with Gasteiger partial charge in [-0.3, -0.25) is 4.79 Å². The van der Waals surface area contributed by atoms with Gasteiger partial charge in [-0.05, 0) is 62.9 Å². The van der Waals surface area contributed by atoms with Gasteiger partial charge in [-0.2, -0.15) is 0 Å². The van der Waals surface area contributed by atoms with Crippen molar-refractivity contribution in [3.63, 3.8) is 0 Å². The SMILES string of the molecule is COc1ccc2cc(CN(C[C@H]3CCCO3)C(=O)c3ccc(C)cc3)c(N3CCCC3)nc2c1. The van der Waals surface area contributed by atoms with Crippen molar-refractivity contribution in [2.24, 2.45) is 0 Å². The maximum atomic E-state index is 13.6. The molecule has 6 nitrogen and oxygen atoms in total. The molecule has 0 radical (unpaired) electrons. The molecule has 3 aromatic rings. The van der Waals surface area contributed by atoms with Crippen LogP contribution in [0.1, 0.15) is 47.2 Å². The van der Waals surface area contributed by atoms with E-state index in [9.17, 15) is 4.79 Å². The Morgan fingerprint density at radius 1 is 1.12 bits per heavy atom. The lowest BCUT2D eigenvalue weighted by Crippen LogP contribution is -2.37. The molecule has 3 heterocycles. The third-order valence-corrected chi connectivity index (χ3v) is 6.88. The van der Waals surface area contributed by atoms with Crippen LogP contribution >= 0.6 is 0 Å². The van der Waals surface area contributed by atoms with Crippen LogP contribution in [0.2, 0.25) is 0 Å². The van der Waals surface area contributed by atoms with E-state index in [0.717, 1.165) is 66.1 Å². The molecule has 0 N–H and O–H groups in total. The Morgan fingerprint density at radius 2 is 1.91 bits per heavy atom. The lowest BCUT2D eigenvalue weighted by molar-refractivity contribution is 0.0507. The molecule has 0 aliphatic carbocycles. The third kappa shape index (κ3) is 4.87. The molecule has 5 rings (SSSR count). The second-order valence-corrected chi connectivity index (χ2v) is 9.41. The number of anilines is 1. The Kier molecular flexibility index (Phi) is 6.68. The summed E-state index contributed by atoms with van der Waals surface area (Å²) < 4.78 is 11.3. The first-order chi connectivity index (χ1) is 16.6. The molecule has 0 spiro atoms. The number of ether oxygens (including phenoxy) is 2. The second-order valence-electron chi connectivity index (χ2n) is 9.41. The minimum Gasteiger partial charge on any atom is -0.497 e. The minimum atomic E-state index is 0.0395. The van der Waals surface area contributed by atoms with Crippen LogP contribution in [-0.4, -0.2) is 55.2 Å². The summed E-state index contributed by atoms with van der Waals surface area (Å²) in [7, 11) is 1.68. The first kappa shape index (κ1) is 22.7. The summed E-state index contributed by atoms with van der Waals surface area (Å²) in [4.78, 5) is 23.0. The van der Waals surface area contributed by atoms with Gasteiger partial charge >= 0.3 is 0 Å². The largest absolute Gasteiger partial charge is 0.497 e. The molecule has 2 aliphatic rings. The van der Waals surface area contributed by atoms with E-state index in [4.69, 9.17) is 14.5 Å². The molecule has 2 aliphatic heterocycles. The van der Waals surface area contributed by atoms with Crippen molar-refractivity contribution in [1.29, 1.82) is 0 Å². The molecule has 34 heavy (non-hydrogen) atoms. The van der Waals surface area contributed by atoms with Crippen LogP contribution in [-0.2, 0) is 11.3 Å². The van der Waals surface area contributed by atoms with Gasteiger partial charge in [-0.25, -0.2) is 4.98 Å². The summed E-state index contributed by atoms with van der Waals surface area (Å²) in [6.45, 7) is 5.90. The molecule has 0 bridgehead atoms. The fourth-order valence-electron chi connectivity index (χ4n) is 4.96. The summed E-state index contributed by atoms with van der Waals surface area (Å²) in [5, 5.41) is 1.05. The summed E-state index contributed by atoms with van der Waals surface area (Å²) >= 11 is 0. The van der Waals surface area contributed by atoms with Crippen LogP contribution in [0.25, 0.3) is 10.9 Å². The number of aryl methyl sites for hydroxylation is 1. The van der Waals surface area contributed by atoms with Gasteiger partial charge in [0.05, 0.1) is 18.7 Å². The fraction of sp³-hybridized carbons (Fsp3) is 0.429. The van der Waals surface area contributed by atoms with E-state index in [1.165, 1.54) is 12.8 Å². The number of benzene rings is 2. The van der Waals surface area contributed by atoms with Crippen LogP contribution in [0.15, 0.2) is 48.5 Å². The number of methoxy groups -OCH3 is 1. The zero-order valence-electron chi connectivity index (χ0n) is 20.1. The van der Waals surface area contributed by atoms with E-state index in [2.05, 4.69) is 11.0 Å². The van der Waals surface area contributed by atoms with Crippen molar-refractivity contribution >= 4 is 22.6 Å². The first-order valence-corrected chi connectivity index (χ1v) is 12.3. The lowest BCUT2D eigenvalue weighted by atomic mass is 10.1. The number of carbonyl (C=O) groups excluding carboxylic acids is 1. The number of fused-ring (bicyclic) bond motifs is 1. The van der Waals surface area contributed by atoms with Gasteiger partial charge in [-0.15, -0.1) is 0 Å². The summed E-state index contributed by atoms with van der Waals surface area (Å²) in [5.74, 6) is 1.82. The zero-order valence-corrected chi connectivity index (χ0v) is 20.1. The lowest BCUT2D eigenvalue weighted by Gasteiger charge is -2.28. The Labute approximate surface area is 201 Å². The predicted octanol–water partition coefficient (Wildman–Crippen LogP) is 4.97. The van der Waals surface area contributed by atoms with Crippen LogP contribution < -0.4 is 9.64 Å². The molecule has 2 saturated heterocycles.